The number of carboxylic acid groups (broad SMARTS) is 1. The molecule has 3 aromatic carbocycles. The van der Waals surface area contributed by atoms with E-state index in [1.54, 1.807) is 48.5 Å². The molecule has 0 radical (unpaired) electrons. The van der Waals surface area contributed by atoms with E-state index in [9.17, 15) is 23.1 Å². The lowest BCUT2D eigenvalue weighted by Gasteiger charge is -2.13. The third kappa shape index (κ3) is 5.63. The summed E-state index contributed by atoms with van der Waals surface area (Å²) in [6.07, 6.45) is 3.16. The Balaban J connectivity index is 1.43. The molecule has 2 N–H and O–H groups in total. The fraction of sp³-hybridized carbons (Fsp3) is 0.233. The van der Waals surface area contributed by atoms with Gasteiger partial charge in [0.1, 0.15) is 5.56 Å². The minimum Gasteiger partial charge on any atom is -0.478 e. The lowest BCUT2D eigenvalue weighted by molar-refractivity contribution is 0.0694. The molecule has 0 aliphatic heterocycles. The van der Waals surface area contributed by atoms with Crippen molar-refractivity contribution in [1.82, 2.24) is 14.5 Å². The second-order valence-electron chi connectivity index (χ2n) is 9.68. The molecule has 0 saturated heterocycles. The van der Waals surface area contributed by atoms with Gasteiger partial charge in [-0.2, -0.15) is 5.10 Å². The van der Waals surface area contributed by atoms with Crippen molar-refractivity contribution >= 4 is 21.9 Å². The zero-order valence-corrected chi connectivity index (χ0v) is 22.3. The summed E-state index contributed by atoms with van der Waals surface area (Å²) in [5.74, 6) is -1.44. The Hall–Kier alpha value is -4.24. The van der Waals surface area contributed by atoms with Gasteiger partial charge in [0.05, 0.1) is 16.3 Å². The highest BCUT2D eigenvalue weighted by Crippen LogP contribution is 2.42. The van der Waals surface area contributed by atoms with E-state index in [1.807, 2.05) is 35.9 Å². The Morgan fingerprint density at radius 2 is 1.64 bits per heavy atom. The molecule has 4 aromatic rings. The second-order valence-corrected chi connectivity index (χ2v) is 11.3. The number of benzene rings is 3. The summed E-state index contributed by atoms with van der Waals surface area (Å²) in [5, 5.41) is 14.6. The van der Waals surface area contributed by atoms with Crippen LogP contribution in [0.15, 0.2) is 83.8 Å². The van der Waals surface area contributed by atoms with Crippen molar-refractivity contribution in [2.75, 3.05) is 0 Å². The van der Waals surface area contributed by atoms with E-state index in [2.05, 4.69) is 9.82 Å². The number of carboxylic acids is 1. The number of amides is 1. The van der Waals surface area contributed by atoms with Crippen LogP contribution >= 0.6 is 0 Å². The molecule has 0 unspecified atom stereocenters. The number of rotatable bonds is 10. The predicted octanol–water partition coefficient (Wildman–Crippen LogP) is 5.25. The molecule has 9 heteroatoms. The lowest BCUT2D eigenvalue weighted by atomic mass is 10.00. The average molecular weight is 544 g/mol. The molecule has 39 heavy (non-hydrogen) atoms. The Bertz CT molecular complexity index is 1620. The van der Waals surface area contributed by atoms with Crippen LogP contribution in [0.2, 0.25) is 0 Å². The Labute approximate surface area is 227 Å². The number of carbonyl (C=O) groups is 2. The van der Waals surface area contributed by atoms with Gasteiger partial charge in [-0.05, 0) is 48.6 Å². The van der Waals surface area contributed by atoms with Gasteiger partial charge >= 0.3 is 5.97 Å². The molecule has 1 aromatic heterocycles. The maximum Gasteiger partial charge on any atom is 0.339 e. The van der Waals surface area contributed by atoms with Crippen molar-refractivity contribution in [2.45, 2.75) is 50.0 Å². The summed E-state index contributed by atoms with van der Waals surface area (Å²) < 4.78 is 30.4. The van der Waals surface area contributed by atoms with E-state index < -0.39 is 21.9 Å². The van der Waals surface area contributed by atoms with Crippen LogP contribution in [-0.4, -0.2) is 35.2 Å². The van der Waals surface area contributed by atoms with E-state index in [-0.39, 0.29) is 16.4 Å². The van der Waals surface area contributed by atoms with Crippen molar-refractivity contribution < 1.29 is 23.1 Å². The van der Waals surface area contributed by atoms with Crippen LogP contribution in [-0.2, 0) is 23.0 Å². The van der Waals surface area contributed by atoms with Gasteiger partial charge in [-0.3, -0.25) is 9.48 Å². The summed E-state index contributed by atoms with van der Waals surface area (Å²) in [6, 6.07) is 22.0. The van der Waals surface area contributed by atoms with Gasteiger partial charge in [-0.15, -0.1) is 0 Å². The number of aromatic nitrogens is 2. The molecule has 8 nitrogen and oxygen atoms in total. The molecule has 0 bridgehead atoms. The maximum atomic E-state index is 13.2. The second kappa shape index (κ2) is 10.9. The van der Waals surface area contributed by atoms with E-state index >= 15 is 0 Å². The summed E-state index contributed by atoms with van der Waals surface area (Å²) in [6.45, 7) is 2.67. The SMILES string of the molecule is CCCn1nc(C2CC2)c(C(=O)O)c1Cc1ccc(-c2ccccc2S(=O)(=O)NC(=O)c2ccccc2)cc1. The minimum absolute atomic E-state index is 0.00899. The number of aryl methyl sites for hydroxylation is 1. The van der Waals surface area contributed by atoms with Gasteiger partial charge in [-0.25, -0.2) is 17.9 Å². The zero-order valence-electron chi connectivity index (χ0n) is 21.5. The molecule has 200 valence electrons. The van der Waals surface area contributed by atoms with Crippen LogP contribution < -0.4 is 4.72 Å². The Kier molecular flexibility index (Phi) is 7.34. The smallest absolute Gasteiger partial charge is 0.339 e. The van der Waals surface area contributed by atoms with Crippen LogP contribution in [0.3, 0.4) is 0 Å². The molecule has 1 amide bonds. The van der Waals surface area contributed by atoms with Gasteiger partial charge in [0, 0.05) is 30.0 Å². The summed E-state index contributed by atoms with van der Waals surface area (Å²) in [7, 11) is -4.15. The van der Waals surface area contributed by atoms with Gasteiger partial charge < -0.3 is 5.11 Å². The molecule has 1 fully saturated rings. The molecule has 0 atom stereocenters. The summed E-state index contributed by atoms with van der Waals surface area (Å²) in [4.78, 5) is 24.7. The van der Waals surface area contributed by atoms with Crippen LogP contribution in [0.4, 0.5) is 0 Å². The number of nitrogens with one attached hydrogen (secondary N) is 1. The van der Waals surface area contributed by atoms with Gasteiger partial charge in [0.15, 0.2) is 0 Å². The molecule has 1 aliphatic carbocycles. The van der Waals surface area contributed by atoms with Crippen molar-refractivity contribution in [1.29, 1.82) is 0 Å². The van der Waals surface area contributed by atoms with Crippen LogP contribution in [0.25, 0.3) is 11.1 Å². The van der Waals surface area contributed by atoms with E-state index in [1.165, 1.54) is 6.07 Å². The predicted molar refractivity (Wildman–Crippen MR) is 147 cm³/mol. The standard InChI is InChI=1S/C30H29N3O5S/c1-2-18-33-25(27(30(35)36)28(31-33)22-16-17-22)19-20-12-14-21(15-13-20)24-10-6-7-11-26(24)39(37,38)32-29(34)23-8-4-3-5-9-23/h3-15,22H,2,16-19H2,1H3,(H,32,34)(H,35,36). The quantitative estimate of drug-likeness (QED) is 0.282. The molecule has 1 heterocycles. The maximum absolute atomic E-state index is 13.2. The fourth-order valence-corrected chi connectivity index (χ4v) is 5.93. The highest BCUT2D eigenvalue weighted by Gasteiger charge is 2.34. The number of hydrogen-bond acceptors (Lipinski definition) is 5. The largest absolute Gasteiger partial charge is 0.478 e. The normalized spacial score (nSPS) is 13.3. The number of sulfonamides is 1. The van der Waals surface area contributed by atoms with Gasteiger partial charge in [-0.1, -0.05) is 67.6 Å². The lowest BCUT2D eigenvalue weighted by Crippen LogP contribution is -2.30. The molecule has 1 saturated carbocycles. The first-order valence-electron chi connectivity index (χ1n) is 12.9. The summed E-state index contributed by atoms with van der Waals surface area (Å²) in [5.41, 5.74) is 3.92. The fourth-order valence-electron chi connectivity index (χ4n) is 4.73. The van der Waals surface area contributed by atoms with Crippen molar-refractivity contribution in [3.8, 4) is 11.1 Å². The van der Waals surface area contributed by atoms with Crippen molar-refractivity contribution in [3.63, 3.8) is 0 Å². The molecule has 0 spiro atoms. The minimum atomic E-state index is -4.15. The van der Waals surface area contributed by atoms with Crippen molar-refractivity contribution in [2.24, 2.45) is 0 Å². The average Bonchev–Trinajstić information content (AvgIpc) is 3.72. The van der Waals surface area contributed by atoms with Crippen LogP contribution in [0.5, 0.6) is 0 Å². The number of aromatic carboxylic acids is 1. The Morgan fingerprint density at radius 1 is 0.974 bits per heavy atom. The van der Waals surface area contributed by atoms with Gasteiger partial charge in [0.25, 0.3) is 15.9 Å². The molecular formula is C30H29N3O5S. The topological polar surface area (TPSA) is 118 Å². The number of carbonyl (C=O) groups excluding carboxylic acids is 1. The molecule has 5 rings (SSSR count). The third-order valence-corrected chi connectivity index (χ3v) is 8.16. The first-order valence-corrected chi connectivity index (χ1v) is 14.4. The van der Waals surface area contributed by atoms with Crippen LogP contribution in [0, 0.1) is 0 Å². The first-order chi connectivity index (χ1) is 18.8. The van der Waals surface area contributed by atoms with Crippen molar-refractivity contribution in [3.05, 3.63) is 107 Å². The monoisotopic (exact) mass is 543 g/mol. The zero-order chi connectivity index (χ0) is 27.6. The molecular weight excluding hydrogens is 514 g/mol. The molecule has 1 aliphatic rings. The highest BCUT2D eigenvalue weighted by molar-refractivity contribution is 7.90. The third-order valence-electron chi connectivity index (χ3n) is 6.77. The van der Waals surface area contributed by atoms with E-state index in [0.717, 1.165) is 24.8 Å². The number of hydrogen-bond donors (Lipinski definition) is 2. The number of nitrogens with zero attached hydrogens (tertiary/aromatic N) is 2. The van der Waals surface area contributed by atoms with E-state index in [4.69, 9.17) is 0 Å². The first kappa shape index (κ1) is 26.4. The highest BCUT2D eigenvalue weighted by atomic mass is 32.2. The summed E-state index contributed by atoms with van der Waals surface area (Å²) >= 11 is 0. The Morgan fingerprint density at radius 3 is 2.28 bits per heavy atom. The van der Waals surface area contributed by atoms with Gasteiger partial charge in [0.2, 0.25) is 0 Å². The van der Waals surface area contributed by atoms with E-state index in [0.29, 0.717) is 41.0 Å². The van der Waals surface area contributed by atoms with Crippen LogP contribution in [0.1, 0.15) is 69.8 Å².